The van der Waals surface area contributed by atoms with Crippen LogP contribution in [0.15, 0.2) is 36.7 Å². The van der Waals surface area contributed by atoms with Gasteiger partial charge in [-0.25, -0.2) is 4.98 Å². The molecule has 2 rings (SSSR count). The van der Waals surface area contributed by atoms with Gasteiger partial charge in [-0.1, -0.05) is 17.7 Å². The maximum absolute atomic E-state index is 10.5. The third kappa shape index (κ3) is 1.96. The van der Waals surface area contributed by atoms with E-state index in [4.69, 9.17) is 0 Å². The Morgan fingerprint density at radius 2 is 2.07 bits per heavy atom. The summed E-state index contributed by atoms with van der Waals surface area (Å²) >= 11 is 0. The molecule has 3 nitrogen and oxygen atoms in total. The Labute approximate surface area is 88.4 Å². The number of carbonyl (C=O) groups excluding carboxylic acids is 1. The second-order valence-corrected chi connectivity index (χ2v) is 3.42. The molecule has 0 unspecified atom stereocenters. The summed E-state index contributed by atoms with van der Waals surface area (Å²) in [6, 6.07) is 8.12. The molecule has 1 aromatic heterocycles. The fraction of sp³-hybridized carbons (Fsp3) is 0.167. The molecular weight excluding hydrogens is 188 g/mol. The van der Waals surface area contributed by atoms with E-state index in [2.05, 4.69) is 4.98 Å². The molecule has 0 aliphatic rings. The Morgan fingerprint density at radius 1 is 1.33 bits per heavy atom. The highest BCUT2D eigenvalue weighted by molar-refractivity contribution is 5.53. The molecule has 3 heteroatoms. The lowest BCUT2D eigenvalue weighted by Gasteiger charge is -2.05. The van der Waals surface area contributed by atoms with Crippen LogP contribution in [0.3, 0.4) is 0 Å². The zero-order valence-corrected chi connectivity index (χ0v) is 8.55. The van der Waals surface area contributed by atoms with Crippen molar-refractivity contribution in [2.24, 2.45) is 0 Å². The predicted molar refractivity (Wildman–Crippen MR) is 58.1 cm³/mol. The van der Waals surface area contributed by atoms with E-state index < -0.39 is 0 Å². The van der Waals surface area contributed by atoms with Gasteiger partial charge in [0, 0.05) is 18.1 Å². The van der Waals surface area contributed by atoms with Gasteiger partial charge in [0.25, 0.3) is 0 Å². The molecule has 0 fully saturated rings. The maximum atomic E-state index is 10.5. The van der Waals surface area contributed by atoms with E-state index in [0.29, 0.717) is 6.42 Å². The number of nitrogens with zero attached hydrogens (tertiary/aromatic N) is 2. The van der Waals surface area contributed by atoms with E-state index in [-0.39, 0.29) is 0 Å². The first-order valence-corrected chi connectivity index (χ1v) is 4.84. The second-order valence-electron chi connectivity index (χ2n) is 3.42. The fourth-order valence-corrected chi connectivity index (χ4v) is 1.50. The Morgan fingerprint density at radius 3 is 2.73 bits per heavy atom. The summed E-state index contributed by atoms with van der Waals surface area (Å²) in [5.74, 6) is 0.772. The summed E-state index contributed by atoms with van der Waals surface area (Å²) in [5, 5.41) is 0. The van der Waals surface area contributed by atoms with Gasteiger partial charge in [-0.05, 0) is 19.1 Å². The Hall–Kier alpha value is -1.90. The molecule has 0 aliphatic heterocycles. The van der Waals surface area contributed by atoms with Crippen LogP contribution in [0.4, 0.5) is 0 Å². The van der Waals surface area contributed by atoms with Crippen molar-refractivity contribution in [2.75, 3.05) is 0 Å². The number of aldehydes is 1. The minimum absolute atomic E-state index is 0.348. The highest BCUT2D eigenvalue weighted by Crippen LogP contribution is 2.11. The molecular formula is C12H12N2O. The minimum atomic E-state index is 0.348. The summed E-state index contributed by atoms with van der Waals surface area (Å²) in [6.45, 7) is 2.05. The summed E-state index contributed by atoms with van der Waals surface area (Å²) < 4.78 is 1.92. The molecule has 76 valence electrons. The molecule has 0 amide bonds. The van der Waals surface area contributed by atoms with Crippen LogP contribution in [-0.4, -0.2) is 15.8 Å². The van der Waals surface area contributed by atoms with Crippen molar-refractivity contribution in [3.63, 3.8) is 0 Å². The van der Waals surface area contributed by atoms with Crippen LogP contribution in [0.2, 0.25) is 0 Å². The van der Waals surface area contributed by atoms with Crippen molar-refractivity contribution >= 4 is 6.29 Å². The van der Waals surface area contributed by atoms with Gasteiger partial charge in [-0.15, -0.1) is 0 Å². The third-order valence-electron chi connectivity index (χ3n) is 2.30. The number of imidazole rings is 1. The van der Waals surface area contributed by atoms with Crippen LogP contribution in [0.5, 0.6) is 0 Å². The third-order valence-corrected chi connectivity index (χ3v) is 2.30. The lowest BCUT2D eigenvalue weighted by molar-refractivity contribution is -0.107. The molecule has 0 radical (unpaired) electrons. The van der Waals surface area contributed by atoms with E-state index in [0.717, 1.165) is 17.8 Å². The molecule has 0 atom stereocenters. The highest BCUT2D eigenvalue weighted by Gasteiger charge is 2.03. The molecule has 0 aliphatic carbocycles. The topological polar surface area (TPSA) is 34.9 Å². The molecule has 0 saturated carbocycles. The average molecular weight is 200 g/mol. The summed E-state index contributed by atoms with van der Waals surface area (Å²) in [4.78, 5) is 14.6. The van der Waals surface area contributed by atoms with Crippen LogP contribution >= 0.6 is 0 Å². The highest BCUT2D eigenvalue weighted by atomic mass is 16.1. The molecule has 0 spiro atoms. The van der Waals surface area contributed by atoms with Crippen LogP contribution < -0.4 is 0 Å². The molecule has 2 aromatic rings. The second kappa shape index (κ2) is 4.09. The first-order chi connectivity index (χ1) is 7.31. The number of hydrogen-bond acceptors (Lipinski definition) is 2. The molecule has 0 N–H and O–H groups in total. The fourth-order valence-electron chi connectivity index (χ4n) is 1.50. The molecule has 1 heterocycles. The minimum Gasteiger partial charge on any atom is -0.303 e. The van der Waals surface area contributed by atoms with Gasteiger partial charge >= 0.3 is 0 Å². The van der Waals surface area contributed by atoms with E-state index in [1.807, 2.05) is 42.0 Å². The molecule has 0 saturated heterocycles. The van der Waals surface area contributed by atoms with Crippen molar-refractivity contribution in [1.29, 1.82) is 0 Å². The van der Waals surface area contributed by atoms with E-state index in [9.17, 15) is 4.79 Å². The SMILES string of the molecule is Cc1ccc(-n2ccnc2CC=O)cc1. The van der Waals surface area contributed by atoms with Gasteiger partial charge < -0.3 is 9.36 Å². The number of benzene rings is 1. The van der Waals surface area contributed by atoms with Crippen molar-refractivity contribution in [2.45, 2.75) is 13.3 Å². The summed E-state index contributed by atoms with van der Waals surface area (Å²) in [7, 11) is 0. The molecule has 0 bridgehead atoms. The lowest BCUT2D eigenvalue weighted by Crippen LogP contribution is -2.00. The largest absolute Gasteiger partial charge is 0.303 e. The number of carbonyl (C=O) groups is 1. The van der Waals surface area contributed by atoms with Gasteiger partial charge in [0.15, 0.2) is 0 Å². The van der Waals surface area contributed by atoms with Crippen molar-refractivity contribution in [3.05, 3.63) is 48.0 Å². The first-order valence-electron chi connectivity index (χ1n) is 4.84. The smallest absolute Gasteiger partial charge is 0.127 e. The van der Waals surface area contributed by atoms with Gasteiger partial charge in [-0.2, -0.15) is 0 Å². The lowest BCUT2D eigenvalue weighted by atomic mass is 10.2. The standard InChI is InChI=1S/C12H12N2O/c1-10-2-4-11(5-3-10)14-8-7-13-12(14)6-9-15/h2-5,7-9H,6H2,1H3. The van der Waals surface area contributed by atoms with E-state index in [1.165, 1.54) is 5.56 Å². The van der Waals surface area contributed by atoms with Crippen molar-refractivity contribution < 1.29 is 4.79 Å². The van der Waals surface area contributed by atoms with Gasteiger partial charge in [0.2, 0.25) is 0 Å². The van der Waals surface area contributed by atoms with E-state index >= 15 is 0 Å². The normalized spacial score (nSPS) is 10.2. The Kier molecular flexibility index (Phi) is 2.63. The average Bonchev–Trinajstić information content (AvgIpc) is 2.68. The predicted octanol–water partition coefficient (Wildman–Crippen LogP) is 1.92. The Bertz CT molecular complexity index is 457. The van der Waals surface area contributed by atoms with Crippen molar-refractivity contribution in [1.82, 2.24) is 9.55 Å². The number of aromatic nitrogens is 2. The monoisotopic (exact) mass is 200 g/mol. The summed E-state index contributed by atoms with van der Waals surface area (Å²) in [6.07, 6.45) is 4.79. The van der Waals surface area contributed by atoms with E-state index in [1.54, 1.807) is 6.20 Å². The zero-order chi connectivity index (χ0) is 10.7. The van der Waals surface area contributed by atoms with Crippen molar-refractivity contribution in [3.8, 4) is 5.69 Å². The first kappa shape index (κ1) is 9.65. The molecule has 1 aromatic carbocycles. The number of aryl methyl sites for hydroxylation is 1. The number of rotatable bonds is 3. The van der Waals surface area contributed by atoms with Gasteiger partial charge in [0.05, 0.1) is 6.42 Å². The summed E-state index contributed by atoms with van der Waals surface area (Å²) in [5.41, 5.74) is 2.26. The van der Waals surface area contributed by atoms with Gasteiger partial charge in [-0.3, -0.25) is 0 Å². The van der Waals surface area contributed by atoms with Gasteiger partial charge in [0.1, 0.15) is 12.1 Å². The molecule has 15 heavy (non-hydrogen) atoms. The Balaban J connectivity index is 2.40. The van der Waals surface area contributed by atoms with Crippen LogP contribution in [-0.2, 0) is 11.2 Å². The number of hydrogen-bond donors (Lipinski definition) is 0. The zero-order valence-electron chi connectivity index (χ0n) is 8.55. The van der Waals surface area contributed by atoms with Crippen LogP contribution in [0.25, 0.3) is 5.69 Å². The van der Waals surface area contributed by atoms with Crippen LogP contribution in [0, 0.1) is 6.92 Å². The maximum Gasteiger partial charge on any atom is 0.127 e. The van der Waals surface area contributed by atoms with Crippen LogP contribution in [0.1, 0.15) is 11.4 Å². The quantitative estimate of drug-likeness (QED) is 0.709.